The quantitative estimate of drug-likeness (QED) is 0.454. The van der Waals surface area contributed by atoms with Gasteiger partial charge in [0, 0.05) is 13.0 Å². The highest BCUT2D eigenvalue weighted by atomic mass is 16.3. The third-order valence-electron chi connectivity index (χ3n) is 0.256. The molecule has 0 spiro atoms. The van der Waals surface area contributed by atoms with Gasteiger partial charge in [-0.1, -0.05) is 0 Å². The van der Waals surface area contributed by atoms with Crippen LogP contribution < -0.4 is 5.73 Å². The zero-order valence-electron chi connectivity index (χ0n) is 4.37. The van der Waals surface area contributed by atoms with Crippen LogP contribution >= 0.6 is 0 Å². The van der Waals surface area contributed by atoms with Gasteiger partial charge in [0.25, 0.3) is 6.47 Å². The summed E-state index contributed by atoms with van der Waals surface area (Å²) in [6.07, 6.45) is 0.472. The molecule has 0 rings (SSSR count). The Hall–Kier alpha value is -1.08. The lowest BCUT2D eigenvalue weighted by molar-refractivity contribution is -0.122. The summed E-state index contributed by atoms with van der Waals surface area (Å²) in [5.74, 6) is 0. The molecule has 46 valence electrons. The molecule has 0 amide bonds. The molecule has 8 heavy (non-hydrogen) atoms. The van der Waals surface area contributed by atoms with Crippen LogP contribution in [0.2, 0.25) is 0 Å². The first-order valence-electron chi connectivity index (χ1n) is 1.98. The van der Waals surface area contributed by atoms with Gasteiger partial charge in [-0.3, -0.25) is 4.79 Å². The number of hydrogen-bond acceptors (Lipinski definition) is 3. The number of nitriles is 1. The minimum absolute atomic E-state index is 0.250. The van der Waals surface area contributed by atoms with Crippen molar-refractivity contribution in [1.82, 2.24) is 0 Å². The lowest BCUT2D eigenvalue weighted by atomic mass is 10.5. The predicted molar refractivity (Wildman–Crippen MR) is 28.0 cm³/mol. The molecule has 0 bridgehead atoms. The monoisotopic (exact) mass is 116 g/mol. The van der Waals surface area contributed by atoms with Crippen LogP contribution in [0.4, 0.5) is 0 Å². The van der Waals surface area contributed by atoms with E-state index in [4.69, 9.17) is 20.9 Å². The summed E-state index contributed by atoms with van der Waals surface area (Å²) >= 11 is 0. The number of rotatable bonds is 1. The van der Waals surface area contributed by atoms with E-state index in [1.54, 1.807) is 0 Å². The standard InChI is InChI=1S/C3H6N2.CH2O2/c4-2-1-3-5;2-1-3/h1-2,4H2;1H,(H,2,3). The van der Waals surface area contributed by atoms with Crippen molar-refractivity contribution in [2.75, 3.05) is 6.54 Å². The highest BCUT2D eigenvalue weighted by molar-refractivity contribution is 5.32. The van der Waals surface area contributed by atoms with Gasteiger partial charge < -0.3 is 10.8 Å². The van der Waals surface area contributed by atoms with Crippen molar-refractivity contribution in [3.05, 3.63) is 0 Å². The molecule has 0 saturated carbocycles. The van der Waals surface area contributed by atoms with E-state index in [0.717, 1.165) is 0 Å². The molecule has 0 aliphatic carbocycles. The highest BCUT2D eigenvalue weighted by Gasteiger charge is 1.65. The van der Waals surface area contributed by atoms with Crippen molar-refractivity contribution in [2.24, 2.45) is 5.73 Å². The smallest absolute Gasteiger partial charge is 0.290 e. The SMILES string of the molecule is N#CCCN.O=CO. The molecule has 0 unspecified atom stereocenters. The number of nitrogens with two attached hydrogens (primary N) is 1. The summed E-state index contributed by atoms with van der Waals surface area (Å²) in [6, 6.07) is 1.89. The molecule has 0 aliphatic rings. The van der Waals surface area contributed by atoms with Crippen LogP contribution in [-0.4, -0.2) is 18.1 Å². The summed E-state index contributed by atoms with van der Waals surface area (Å²) in [7, 11) is 0. The van der Waals surface area contributed by atoms with E-state index in [9.17, 15) is 0 Å². The van der Waals surface area contributed by atoms with E-state index >= 15 is 0 Å². The highest BCUT2D eigenvalue weighted by Crippen LogP contribution is 1.59. The number of carboxylic acid groups (broad SMARTS) is 1. The summed E-state index contributed by atoms with van der Waals surface area (Å²) in [5, 5.41) is 14.6. The lowest BCUT2D eigenvalue weighted by Gasteiger charge is -1.68. The minimum atomic E-state index is -0.250. The fraction of sp³-hybridized carbons (Fsp3) is 0.500. The third-order valence-corrected chi connectivity index (χ3v) is 0.256. The van der Waals surface area contributed by atoms with Gasteiger partial charge in [0.2, 0.25) is 0 Å². The minimum Gasteiger partial charge on any atom is -0.483 e. The third kappa shape index (κ3) is 89.3. The second-order valence-electron chi connectivity index (χ2n) is 0.802. The fourth-order valence-electron chi connectivity index (χ4n) is 0.0645. The second kappa shape index (κ2) is 16.8. The van der Waals surface area contributed by atoms with E-state index in [-0.39, 0.29) is 6.47 Å². The maximum atomic E-state index is 8.36. The summed E-state index contributed by atoms with van der Waals surface area (Å²) in [5.41, 5.74) is 4.92. The molecular formula is C4H8N2O2. The molecule has 4 heteroatoms. The van der Waals surface area contributed by atoms with Gasteiger partial charge in [-0.2, -0.15) is 5.26 Å². The zero-order valence-corrected chi connectivity index (χ0v) is 4.37. The molecule has 0 aromatic rings. The van der Waals surface area contributed by atoms with Crippen LogP contribution in [0.15, 0.2) is 0 Å². The van der Waals surface area contributed by atoms with Crippen LogP contribution in [-0.2, 0) is 4.79 Å². The Balaban J connectivity index is 0. The summed E-state index contributed by atoms with van der Waals surface area (Å²) in [6.45, 7) is 0.233. The Morgan fingerprint density at radius 3 is 2.25 bits per heavy atom. The Bertz CT molecular complexity index is 76.6. The molecule has 0 aromatic carbocycles. The van der Waals surface area contributed by atoms with Crippen molar-refractivity contribution in [1.29, 1.82) is 5.26 Å². The van der Waals surface area contributed by atoms with Crippen molar-refractivity contribution in [3.63, 3.8) is 0 Å². The van der Waals surface area contributed by atoms with E-state index in [2.05, 4.69) is 0 Å². The van der Waals surface area contributed by atoms with Gasteiger partial charge >= 0.3 is 0 Å². The van der Waals surface area contributed by atoms with E-state index in [1.165, 1.54) is 0 Å². The first kappa shape index (κ1) is 10.0. The van der Waals surface area contributed by atoms with Gasteiger partial charge in [0.15, 0.2) is 0 Å². The predicted octanol–water partition coefficient (Wildman–Crippen LogP) is -0.440. The number of nitrogens with zero attached hydrogens (tertiary/aromatic N) is 1. The van der Waals surface area contributed by atoms with Crippen LogP contribution in [0.5, 0.6) is 0 Å². The molecule has 0 fully saturated rings. The Kier molecular flexibility index (Phi) is 21.0. The Labute approximate surface area is 47.5 Å². The van der Waals surface area contributed by atoms with Crippen LogP contribution in [0.3, 0.4) is 0 Å². The number of carbonyl (C=O) groups is 1. The maximum Gasteiger partial charge on any atom is 0.290 e. The van der Waals surface area contributed by atoms with Gasteiger partial charge in [-0.15, -0.1) is 0 Å². The van der Waals surface area contributed by atoms with Crippen molar-refractivity contribution in [2.45, 2.75) is 6.42 Å². The van der Waals surface area contributed by atoms with Crippen LogP contribution in [0.1, 0.15) is 6.42 Å². The molecule has 0 heterocycles. The number of hydrogen-bond donors (Lipinski definition) is 2. The van der Waals surface area contributed by atoms with Crippen molar-refractivity contribution < 1.29 is 9.90 Å². The zero-order chi connectivity index (χ0) is 6.83. The molecule has 0 atom stereocenters. The molecule has 0 aliphatic heterocycles. The molecule has 0 aromatic heterocycles. The first-order chi connectivity index (χ1) is 3.83. The molecule has 4 nitrogen and oxygen atoms in total. The average Bonchev–Trinajstić information content (AvgIpc) is 1.71. The van der Waals surface area contributed by atoms with Crippen LogP contribution in [0, 0.1) is 11.3 Å². The van der Waals surface area contributed by atoms with E-state index in [1.807, 2.05) is 6.07 Å². The summed E-state index contributed by atoms with van der Waals surface area (Å²) in [4.78, 5) is 8.36. The van der Waals surface area contributed by atoms with Crippen molar-refractivity contribution in [3.8, 4) is 6.07 Å². The Morgan fingerprint density at radius 2 is 2.25 bits per heavy atom. The fourth-order valence-corrected chi connectivity index (χ4v) is 0.0645. The maximum absolute atomic E-state index is 8.36. The lowest BCUT2D eigenvalue weighted by Crippen LogP contribution is -1.94. The molecule has 0 saturated heterocycles. The van der Waals surface area contributed by atoms with E-state index in [0.29, 0.717) is 13.0 Å². The van der Waals surface area contributed by atoms with Crippen LogP contribution in [0.25, 0.3) is 0 Å². The van der Waals surface area contributed by atoms with Gasteiger partial charge in [-0.05, 0) is 0 Å². The van der Waals surface area contributed by atoms with Crippen molar-refractivity contribution >= 4 is 6.47 Å². The normalized spacial score (nSPS) is 5.50. The summed E-state index contributed by atoms with van der Waals surface area (Å²) < 4.78 is 0. The van der Waals surface area contributed by atoms with Gasteiger partial charge in [0.05, 0.1) is 6.07 Å². The molecule has 0 radical (unpaired) electrons. The van der Waals surface area contributed by atoms with E-state index < -0.39 is 0 Å². The molecule has 3 N–H and O–H groups in total. The second-order valence-corrected chi connectivity index (χ2v) is 0.802. The first-order valence-corrected chi connectivity index (χ1v) is 1.98. The Morgan fingerprint density at radius 1 is 1.88 bits per heavy atom. The topological polar surface area (TPSA) is 87.1 Å². The van der Waals surface area contributed by atoms with Gasteiger partial charge in [0.1, 0.15) is 0 Å². The largest absolute Gasteiger partial charge is 0.483 e. The average molecular weight is 116 g/mol. The molecular weight excluding hydrogens is 108 g/mol. The van der Waals surface area contributed by atoms with Gasteiger partial charge in [-0.25, -0.2) is 0 Å².